The smallest absolute Gasteiger partial charge is 0.289 e. The Kier molecular flexibility index (Phi) is 7.27. The molecule has 154 valence electrons. The standard InChI is InChI=1S/C21H27N5O3/c1-22-21(24-16-19(27)23-10-9-17-6-3-2-4-7-17)26-13-11-25(12-14-26)20(28)18-8-5-15-29-18/h2-8,15H,9-14,16H2,1H3,(H,22,24)(H,23,27). The number of guanidine groups is 1. The average Bonchev–Trinajstić information content (AvgIpc) is 3.30. The predicted octanol–water partition coefficient (Wildman–Crippen LogP) is 0.972. The van der Waals surface area contributed by atoms with Crippen molar-refractivity contribution in [3.63, 3.8) is 0 Å². The first-order chi connectivity index (χ1) is 14.2. The average molecular weight is 397 g/mol. The molecule has 8 heteroatoms. The minimum Gasteiger partial charge on any atom is -0.459 e. The number of nitrogens with one attached hydrogen (secondary N) is 2. The van der Waals surface area contributed by atoms with E-state index in [1.54, 1.807) is 24.1 Å². The molecule has 0 radical (unpaired) electrons. The molecular weight excluding hydrogens is 370 g/mol. The van der Waals surface area contributed by atoms with E-state index in [9.17, 15) is 9.59 Å². The van der Waals surface area contributed by atoms with Gasteiger partial charge in [0, 0.05) is 39.8 Å². The molecule has 1 aliphatic rings. The van der Waals surface area contributed by atoms with Crippen LogP contribution in [0.3, 0.4) is 0 Å². The molecule has 0 bridgehead atoms. The zero-order valence-electron chi connectivity index (χ0n) is 16.6. The Morgan fingerprint density at radius 3 is 2.38 bits per heavy atom. The van der Waals surface area contributed by atoms with E-state index in [2.05, 4.69) is 15.6 Å². The minimum atomic E-state index is -0.101. The Labute approximate surface area is 170 Å². The summed E-state index contributed by atoms with van der Waals surface area (Å²) in [6.45, 7) is 3.18. The molecule has 3 rings (SSSR count). The number of carbonyl (C=O) groups is 2. The first kappa shape index (κ1) is 20.4. The summed E-state index contributed by atoms with van der Waals surface area (Å²) < 4.78 is 5.18. The number of amides is 2. The van der Waals surface area contributed by atoms with E-state index in [4.69, 9.17) is 4.42 Å². The van der Waals surface area contributed by atoms with Gasteiger partial charge >= 0.3 is 0 Å². The number of carbonyl (C=O) groups excluding carboxylic acids is 2. The van der Waals surface area contributed by atoms with E-state index in [1.165, 1.54) is 11.8 Å². The summed E-state index contributed by atoms with van der Waals surface area (Å²) in [5.74, 6) is 0.838. The summed E-state index contributed by atoms with van der Waals surface area (Å²) in [6, 6.07) is 13.4. The van der Waals surface area contributed by atoms with E-state index in [1.807, 2.05) is 35.2 Å². The highest BCUT2D eigenvalue weighted by molar-refractivity contribution is 5.92. The molecule has 2 heterocycles. The van der Waals surface area contributed by atoms with Gasteiger partial charge in [0.15, 0.2) is 11.7 Å². The van der Waals surface area contributed by atoms with Crippen LogP contribution in [0.25, 0.3) is 0 Å². The Balaban J connectivity index is 1.38. The molecule has 0 spiro atoms. The van der Waals surface area contributed by atoms with E-state index < -0.39 is 0 Å². The van der Waals surface area contributed by atoms with Gasteiger partial charge in [0.05, 0.1) is 12.8 Å². The molecule has 2 N–H and O–H groups in total. The number of aliphatic imine (C=N–C) groups is 1. The van der Waals surface area contributed by atoms with Crippen LogP contribution in [0, 0.1) is 0 Å². The number of rotatable bonds is 6. The molecule has 0 saturated carbocycles. The molecule has 1 aliphatic heterocycles. The Morgan fingerprint density at radius 1 is 1.00 bits per heavy atom. The molecule has 0 unspecified atom stereocenters. The third kappa shape index (κ3) is 5.84. The molecule has 1 saturated heterocycles. The lowest BCUT2D eigenvalue weighted by Crippen LogP contribution is -2.54. The largest absolute Gasteiger partial charge is 0.459 e. The SMILES string of the molecule is CN=C(NCC(=O)NCCc1ccccc1)N1CCN(C(=O)c2ccco2)CC1. The highest BCUT2D eigenvalue weighted by atomic mass is 16.3. The van der Waals surface area contributed by atoms with E-state index >= 15 is 0 Å². The highest BCUT2D eigenvalue weighted by Crippen LogP contribution is 2.09. The van der Waals surface area contributed by atoms with Crippen LogP contribution < -0.4 is 10.6 Å². The topological polar surface area (TPSA) is 90.2 Å². The van der Waals surface area contributed by atoms with Gasteiger partial charge in [-0.3, -0.25) is 14.6 Å². The van der Waals surface area contributed by atoms with Crippen molar-refractivity contribution in [2.24, 2.45) is 4.99 Å². The second-order valence-electron chi connectivity index (χ2n) is 6.74. The maximum Gasteiger partial charge on any atom is 0.289 e. The van der Waals surface area contributed by atoms with Gasteiger partial charge in [-0.05, 0) is 24.1 Å². The molecule has 0 atom stereocenters. The number of furan rings is 1. The third-order valence-electron chi connectivity index (χ3n) is 4.80. The minimum absolute atomic E-state index is 0.0753. The van der Waals surface area contributed by atoms with Crippen LogP contribution in [-0.4, -0.2) is 73.9 Å². The lowest BCUT2D eigenvalue weighted by atomic mass is 10.1. The Bertz CT molecular complexity index is 812. The number of piperazine rings is 1. The van der Waals surface area contributed by atoms with Crippen LogP contribution >= 0.6 is 0 Å². The quantitative estimate of drug-likeness (QED) is 0.560. The fraction of sp³-hybridized carbons (Fsp3) is 0.381. The van der Waals surface area contributed by atoms with Crippen molar-refractivity contribution in [2.45, 2.75) is 6.42 Å². The van der Waals surface area contributed by atoms with Gasteiger partial charge < -0.3 is 24.9 Å². The second-order valence-corrected chi connectivity index (χ2v) is 6.74. The van der Waals surface area contributed by atoms with Crippen LogP contribution in [-0.2, 0) is 11.2 Å². The van der Waals surface area contributed by atoms with Gasteiger partial charge in [0.1, 0.15) is 0 Å². The van der Waals surface area contributed by atoms with Crippen molar-refractivity contribution >= 4 is 17.8 Å². The van der Waals surface area contributed by atoms with Crippen molar-refractivity contribution in [1.29, 1.82) is 0 Å². The molecule has 1 fully saturated rings. The lowest BCUT2D eigenvalue weighted by molar-refractivity contribution is -0.120. The van der Waals surface area contributed by atoms with Crippen molar-refractivity contribution in [2.75, 3.05) is 46.3 Å². The number of hydrogen-bond donors (Lipinski definition) is 2. The second kappa shape index (κ2) is 10.3. The molecule has 2 amide bonds. The van der Waals surface area contributed by atoms with Gasteiger partial charge in [-0.1, -0.05) is 30.3 Å². The van der Waals surface area contributed by atoms with Crippen molar-refractivity contribution in [3.8, 4) is 0 Å². The van der Waals surface area contributed by atoms with Crippen molar-refractivity contribution in [3.05, 3.63) is 60.1 Å². The van der Waals surface area contributed by atoms with Crippen molar-refractivity contribution < 1.29 is 14.0 Å². The number of benzene rings is 1. The molecule has 8 nitrogen and oxygen atoms in total. The summed E-state index contributed by atoms with van der Waals surface area (Å²) in [5, 5.41) is 6.01. The summed E-state index contributed by atoms with van der Waals surface area (Å²) in [5.41, 5.74) is 1.19. The number of nitrogens with zero attached hydrogens (tertiary/aromatic N) is 3. The predicted molar refractivity (Wildman–Crippen MR) is 111 cm³/mol. The third-order valence-corrected chi connectivity index (χ3v) is 4.80. The van der Waals surface area contributed by atoms with E-state index in [0.29, 0.717) is 44.4 Å². The fourth-order valence-electron chi connectivity index (χ4n) is 3.22. The van der Waals surface area contributed by atoms with Crippen LogP contribution in [0.15, 0.2) is 58.1 Å². The summed E-state index contributed by atoms with van der Waals surface area (Å²) in [4.78, 5) is 32.5. The van der Waals surface area contributed by atoms with Crippen molar-refractivity contribution in [1.82, 2.24) is 20.4 Å². The first-order valence-electron chi connectivity index (χ1n) is 9.76. The van der Waals surface area contributed by atoms with Gasteiger partial charge in [-0.25, -0.2) is 0 Å². The lowest BCUT2D eigenvalue weighted by Gasteiger charge is -2.36. The van der Waals surface area contributed by atoms with Crippen LogP contribution in [0.4, 0.5) is 0 Å². The van der Waals surface area contributed by atoms with Crippen LogP contribution in [0.5, 0.6) is 0 Å². The van der Waals surface area contributed by atoms with Gasteiger partial charge in [0.2, 0.25) is 5.91 Å². The monoisotopic (exact) mass is 397 g/mol. The van der Waals surface area contributed by atoms with E-state index in [0.717, 1.165) is 6.42 Å². The zero-order valence-corrected chi connectivity index (χ0v) is 16.6. The Hall–Kier alpha value is -3.29. The van der Waals surface area contributed by atoms with Crippen LogP contribution in [0.1, 0.15) is 16.1 Å². The maximum atomic E-state index is 12.3. The van der Waals surface area contributed by atoms with Gasteiger partial charge in [-0.15, -0.1) is 0 Å². The molecule has 29 heavy (non-hydrogen) atoms. The molecule has 1 aromatic heterocycles. The van der Waals surface area contributed by atoms with Gasteiger partial charge in [0.25, 0.3) is 5.91 Å². The summed E-state index contributed by atoms with van der Waals surface area (Å²) in [6.07, 6.45) is 2.30. The normalized spacial score (nSPS) is 14.6. The van der Waals surface area contributed by atoms with Crippen LogP contribution in [0.2, 0.25) is 0 Å². The molecular formula is C21H27N5O3. The summed E-state index contributed by atoms with van der Waals surface area (Å²) in [7, 11) is 1.69. The first-order valence-corrected chi connectivity index (χ1v) is 9.76. The molecule has 1 aromatic carbocycles. The molecule has 0 aliphatic carbocycles. The summed E-state index contributed by atoms with van der Waals surface area (Å²) >= 11 is 0. The van der Waals surface area contributed by atoms with Gasteiger partial charge in [-0.2, -0.15) is 0 Å². The molecule has 2 aromatic rings. The number of hydrogen-bond acceptors (Lipinski definition) is 4. The fourth-order valence-corrected chi connectivity index (χ4v) is 3.22. The van der Waals surface area contributed by atoms with E-state index in [-0.39, 0.29) is 18.4 Å². The maximum absolute atomic E-state index is 12.3. The highest BCUT2D eigenvalue weighted by Gasteiger charge is 2.25. The Morgan fingerprint density at radius 2 is 1.72 bits per heavy atom. The zero-order chi connectivity index (χ0) is 20.5.